The van der Waals surface area contributed by atoms with Crippen LogP contribution in [0.1, 0.15) is 434 Å². The molecule has 19 heteroatoms. The molecule has 0 fully saturated rings. The maximum Gasteiger partial charge on any atom is 0.472 e. The number of carbonyl (C=O) groups is 4. The fourth-order valence-corrected chi connectivity index (χ4v) is 14.4. The van der Waals surface area contributed by atoms with E-state index in [0.717, 1.165) is 114 Å². The third-order valence-electron chi connectivity index (χ3n) is 19.7. The second-order valence-corrected chi connectivity index (χ2v) is 34.0. The molecular weight excluding hydrogens is 1330 g/mol. The molecule has 0 bridgehead atoms. The first-order chi connectivity index (χ1) is 49.3. The molecule has 0 aliphatic carbocycles. The molecule has 3 unspecified atom stereocenters. The Morgan fingerprint density at radius 1 is 0.284 bits per heavy atom. The van der Waals surface area contributed by atoms with Gasteiger partial charge in [0.25, 0.3) is 0 Å². The van der Waals surface area contributed by atoms with Gasteiger partial charge in [-0.3, -0.25) is 37.3 Å². The molecule has 0 saturated carbocycles. The van der Waals surface area contributed by atoms with Gasteiger partial charge in [-0.15, -0.1) is 0 Å². The highest BCUT2D eigenvalue weighted by Gasteiger charge is 2.30. The van der Waals surface area contributed by atoms with E-state index in [0.29, 0.717) is 25.7 Å². The van der Waals surface area contributed by atoms with E-state index >= 15 is 0 Å². The van der Waals surface area contributed by atoms with Gasteiger partial charge in [0.2, 0.25) is 0 Å². The summed E-state index contributed by atoms with van der Waals surface area (Å²) in [5.74, 6) is 0.345. The number of ether oxygens (including phenoxy) is 4. The molecule has 3 N–H and O–H groups in total. The molecule has 0 spiro atoms. The molecule has 0 rings (SSSR count). The largest absolute Gasteiger partial charge is 0.472 e. The number of aliphatic hydroxyl groups is 1. The van der Waals surface area contributed by atoms with Crippen LogP contribution in [0.5, 0.6) is 0 Å². The summed E-state index contributed by atoms with van der Waals surface area (Å²) in [5.41, 5.74) is 0. The summed E-state index contributed by atoms with van der Waals surface area (Å²) in [6, 6.07) is 0. The summed E-state index contributed by atoms with van der Waals surface area (Å²) in [6.45, 7) is 12.0. The highest BCUT2D eigenvalue weighted by Crippen LogP contribution is 2.45. The molecule has 0 aliphatic rings. The Kier molecular flexibility index (Phi) is 71.8. The molecule has 0 amide bonds. The predicted octanol–water partition coefficient (Wildman–Crippen LogP) is 24.9. The van der Waals surface area contributed by atoms with Crippen LogP contribution in [0.15, 0.2) is 0 Å². The van der Waals surface area contributed by atoms with Crippen molar-refractivity contribution < 1.29 is 80.2 Å². The van der Waals surface area contributed by atoms with Crippen molar-refractivity contribution in [2.45, 2.75) is 452 Å². The van der Waals surface area contributed by atoms with Crippen molar-refractivity contribution >= 4 is 39.5 Å². The van der Waals surface area contributed by atoms with E-state index in [9.17, 15) is 43.2 Å². The summed E-state index contributed by atoms with van der Waals surface area (Å²) in [7, 11) is -9.92. The van der Waals surface area contributed by atoms with Crippen LogP contribution in [-0.4, -0.2) is 96.7 Å². The molecule has 0 radical (unpaired) electrons. The molecule has 0 aromatic heterocycles. The number of phosphoric ester groups is 2. The minimum Gasteiger partial charge on any atom is -0.462 e. The highest BCUT2D eigenvalue weighted by atomic mass is 31.2. The van der Waals surface area contributed by atoms with Crippen molar-refractivity contribution in [1.82, 2.24) is 0 Å². The second kappa shape index (κ2) is 73.2. The Labute approximate surface area is 626 Å². The lowest BCUT2D eigenvalue weighted by Crippen LogP contribution is -2.30. The van der Waals surface area contributed by atoms with Crippen LogP contribution in [-0.2, 0) is 65.4 Å². The van der Waals surface area contributed by atoms with Crippen LogP contribution >= 0.6 is 15.6 Å². The zero-order chi connectivity index (χ0) is 75.1. The van der Waals surface area contributed by atoms with Crippen molar-refractivity contribution in [3.63, 3.8) is 0 Å². The molecule has 0 aromatic carbocycles. The van der Waals surface area contributed by atoms with Crippen LogP contribution in [0.3, 0.4) is 0 Å². The molecule has 0 heterocycles. The van der Waals surface area contributed by atoms with Crippen LogP contribution in [0.2, 0.25) is 0 Å². The fraction of sp³-hybridized carbons (Fsp3) is 0.952. The van der Waals surface area contributed by atoms with E-state index in [4.69, 9.17) is 37.0 Å². The summed E-state index contributed by atoms with van der Waals surface area (Å²) in [4.78, 5) is 73.0. The van der Waals surface area contributed by atoms with Gasteiger partial charge in [0, 0.05) is 25.7 Å². The average molecular weight is 1490 g/mol. The molecule has 0 aromatic rings. The predicted molar refractivity (Wildman–Crippen MR) is 418 cm³/mol. The molecule has 606 valence electrons. The van der Waals surface area contributed by atoms with Gasteiger partial charge < -0.3 is 33.8 Å². The number of hydrogen-bond donors (Lipinski definition) is 3. The summed E-state index contributed by atoms with van der Waals surface area (Å²) in [6.07, 6.45) is 62.4. The van der Waals surface area contributed by atoms with Gasteiger partial charge >= 0.3 is 39.5 Å². The minimum absolute atomic E-state index is 0.107. The van der Waals surface area contributed by atoms with Gasteiger partial charge in [-0.25, -0.2) is 9.13 Å². The van der Waals surface area contributed by atoms with Crippen LogP contribution < -0.4 is 0 Å². The Morgan fingerprint density at radius 2 is 0.500 bits per heavy atom. The van der Waals surface area contributed by atoms with E-state index in [2.05, 4.69) is 48.5 Å². The Bertz CT molecular complexity index is 1980. The zero-order valence-corrected chi connectivity index (χ0v) is 68.9. The first kappa shape index (κ1) is 100. The first-order valence-corrected chi connectivity index (χ1v) is 45.9. The maximum absolute atomic E-state index is 13.1. The average Bonchev–Trinajstić information content (AvgIpc) is 0.930. The summed E-state index contributed by atoms with van der Waals surface area (Å²) < 4.78 is 68.7. The van der Waals surface area contributed by atoms with Crippen LogP contribution in [0, 0.1) is 17.8 Å². The van der Waals surface area contributed by atoms with E-state index in [1.807, 2.05) is 0 Å². The van der Waals surface area contributed by atoms with E-state index in [-0.39, 0.29) is 25.7 Å². The van der Waals surface area contributed by atoms with Crippen molar-refractivity contribution in [1.29, 1.82) is 0 Å². The summed E-state index contributed by atoms with van der Waals surface area (Å²) >= 11 is 0. The third kappa shape index (κ3) is 74.9. The lowest BCUT2D eigenvalue weighted by atomic mass is 9.99. The topological polar surface area (TPSA) is 237 Å². The van der Waals surface area contributed by atoms with Crippen molar-refractivity contribution in [2.75, 3.05) is 39.6 Å². The van der Waals surface area contributed by atoms with E-state index < -0.39 is 97.5 Å². The first-order valence-electron chi connectivity index (χ1n) is 42.9. The number of unbranched alkanes of at least 4 members (excludes halogenated alkanes) is 48. The number of rotatable bonds is 81. The van der Waals surface area contributed by atoms with Gasteiger partial charge in [0.05, 0.1) is 26.4 Å². The third-order valence-corrected chi connectivity index (χ3v) is 21.6. The SMILES string of the molecule is CCCCCCCCCCC(=O)OC[C@H](COP(=O)(O)OC[C@H](O)COP(=O)(O)OC[C@@H](COC(=O)CCCCCCCCCCCCCCCCCC(C)C)OC(=O)CCCCCCCCCCCCCCCCCC(C)C)OC(=O)CCCCCCCCCCCCCCCCC(C)CC. The summed E-state index contributed by atoms with van der Waals surface area (Å²) in [5, 5.41) is 10.6. The number of aliphatic hydroxyl groups excluding tert-OH is 1. The lowest BCUT2D eigenvalue weighted by molar-refractivity contribution is -0.161. The standard InChI is InChI=1S/C83H162O17P2/c1-8-10-11-12-13-43-50-57-64-80(85)93-70-78(99-82(87)67-60-53-46-39-33-27-21-20-24-30-36-42-49-56-63-76(7)9-2)72-97-101(89,90)95-68-77(84)69-96-102(91,92)98-73-79(100-83(88)66-59-52-45-38-32-26-19-15-17-23-29-35-41-48-55-62-75(5)6)71-94-81(86)65-58-51-44-37-31-25-18-14-16-22-28-34-40-47-54-61-74(3)4/h74-79,84H,8-73H2,1-7H3,(H,89,90)(H,91,92)/t76?,77-,78+,79+/m0/s1. The Morgan fingerprint density at radius 3 is 0.745 bits per heavy atom. The second-order valence-electron chi connectivity index (χ2n) is 31.1. The molecule has 17 nitrogen and oxygen atoms in total. The molecule has 0 saturated heterocycles. The number of esters is 4. The normalized spacial score (nSPS) is 14.2. The molecule has 6 atom stereocenters. The Hall–Kier alpha value is -1.94. The van der Waals surface area contributed by atoms with Gasteiger partial charge in [0.1, 0.15) is 19.3 Å². The van der Waals surface area contributed by atoms with Crippen LogP contribution in [0.25, 0.3) is 0 Å². The monoisotopic (exact) mass is 1490 g/mol. The number of hydrogen-bond acceptors (Lipinski definition) is 15. The van der Waals surface area contributed by atoms with Gasteiger partial charge in [0.15, 0.2) is 12.2 Å². The lowest BCUT2D eigenvalue weighted by Gasteiger charge is -2.21. The van der Waals surface area contributed by atoms with E-state index in [1.54, 1.807) is 0 Å². The molecule has 0 aliphatic heterocycles. The number of phosphoric acid groups is 2. The zero-order valence-electron chi connectivity index (χ0n) is 67.1. The van der Waals surface area contributed by atoms with Gasteiger partial charge in [-0.05, 0) is 43.4 Å². The van der Waals surface area contributed by atoms with Crippen molar-refractivity contribution in [3.8, 4) is 0 Å². The Balaban J connectivity index is 5.20. The van der Waals surface area contributed by atoms with Crippen molar-refractivity contribution in [2.24, 2.45) is 17.8 Å². The van der Waals surface area contributed by atoms with Crippen LogP contribution in [0.4, 0.5) is 0 Å². The van der Waals surface area contributed by atoms with Crippen molar-refractivity contribution in [3.05, 3.63) is 0 Å². The minimum atomic E-state index is -4.96. The maximum atomic E-state index is 13.1. The van der Waals surface area contributed by atoms with E-state index in [1.165, 1.54) is 238 Å². The molecular formula is C83H162O17P2. The molecule has 102 heavy (non-hydrogen) atoms. The smallest absolute Gasteiger partial charge is 0.462 e. The quantitative estimate of drug-likeness (QED) is 0.0222. The fourth-order valence-electron chi connectivity index (χ4n) is 12.8. The highest BCUT2D eigenvalue weighted by molar-refractivity contribution is 7.47. The van der Waals surface area contributed by atoms with Gasteiger partial charge in [-0.1, -0.05) is 382 Å². The van der Waals surface area contributed by atoms with Gasteiger partial charge in [-0.2, -0.15) is 0 Å². The number of carbonyl (C=O) groups excluding carboxylic acids is 4.